The van der Waals surface area contributed by atoms with Crippen LogP contribution < -0.4 is 10.5 Å². The summed E-state index contributed by atoms with van der Waals surface area (Å²) in [6, 6.07) is 5.70. The molecule has 1 saturated heterocycles. The van der Waals surface area contributed by atoms with Crippen LogP contribution in [0.25, 0.3) is 0 Å². The lowest BCUT2D eigenvalue weighted by Crippen LogP contribution is -2.46. The maximum atomic E-state index is 6.05. The standard InChI is InChI=1S/C14H20Cl2N2O.ClH/c1-10-9-18(6-5-13(10)17)7-8-19-14-11(15)3-2-4-12(14)16;/h2-4,10,13H,5-9,17H2,1H3;1H. The molecule has 2 rings (SSSR count). The average Bonchev–Trinajstić information content (AvgIpc) is 2.37. The van der Waals surface area contributed by atoms with Crippen molar-refractivity contribution in [2.45, 2.75) is 19.4 Å². The van der Waals surface area contributed by atoms with Crippen LogP contribution in [0.1, 0.15) is 13.3 Å². The summed E-state index contributed by atoms with van der Waals surface area (Å²) in [4.78, 5) is 2.37. The lowest BCUT2D eigenvalue weighted by molar-refractivity contribution is 0.140. The summed E-state index contributed by atoms with van der Waals surface area (Å²) in [5.74, 6) is 1.12. The third kappa shape index (κ3) is 4.68. The number of likely N-dealkylation sites (tertiary alicyclic amines) is 1. The maximum absolute atomic E-state index is 6.05. The Hall–Kier alpha value is -0.190. The van der Waals surface area contributed by atoms with E-state index < -0.39 is 0 Å². The van der Waals surface area contributed by atoms with E-state index in [4.69, 9.17) is 33.7 Å². The lowest BCUT2D eigenvalue weighted by atomic mass is 9.95. The van der Waals surface area contributed by atoms with E-state index in [0.29, 0.717) is 34.4 Å². The number of halogens is 3. The fraction of sp³-hybridized carbons (Fsp3) is 0.571. The Morgan fingerprint density at radius 2 is 2.00 bits per heavy atom. The van der Waals surface area contributed by atoms with Gasteiger partial charge < -0.3 is 10.5 Å². The summed E-state index contributed by atoms with van der Waals surface area (Å²) in [7, 11) is 0. The van der Waals surface area contributed by atoms with E-state index in [-0.39, 0.29) is 12.4 Å². The van der Waals surface area contributed by atoms with Gasteiger partial charge in [0.2, 0.25) is 0 Å². The molecular weight excluding hydrogens is 319 g/mol. The molecule has 3 nitrogen and oxygen atoms in total. The number of hydrogen-bond acceptors (Lipinski definition) is 3. The number of para-hydroxylation sites is 1. The van der Waals surface area contributed by atoms with Gasteiger partial charge in [-0.05, 0) is 31.0 Å². The molecule has 114 valence electrons. The number of hydrogen-bond donors (Lipinski definition) is 1. The molecule has 1 aliphatic heterocycles. The molecule has 2 unspecified atom stereocenters. The fourth-order valence-corrected chi connectivity index (χ4v) is 2.86. The van der Waals surface area contributed by atoms with Gasteiger partial charge in [-0.25, -0.2) is 0 Å². The number of nitrogens with two attached hydrogens (primary N) is 1. The number of piperidine rings is 1. The van der Waals surface area contributed by atoms with E-state index >= 15 is 0 Å². The number of benzene rings is 1. The zero-order chi connectivity index (χ0) is 13.8. The van der Waals surface area contributed by atoms with E-state index in [1.165, 1.54) is 0 Å². The molecule has 2 N–H and O–H groups in total. The van der Waals surface area contributed by atoms with Gasteiger partial charge in [-0.3, -0.25) is 4.90 Å². The van der Waals surface area contributed by atoms with Gasteiger partial charge in [0.05, 0.1) is 10.0 Å². The van der Waals surface area contributed by atoms with E-state index in [2.05, 4.69) is 11.8 Å². The SMILES string of the molecule is CC1CN(CCOc2c(Cl)cccc2Cl)CCC1N.Cl. The number of nitrogens with zero attached hydrogens (tertiary/aromatic N) is 1. The molecule has 1 aromatic carbocycles. The maximum Gasteiger partial charge on any atom is 0.156 e. The van der Waals surface area contributed by atoms with Crippen LogP contribution in [0.2, 0.25) is 10.0 Å². The van der Waals surface area contributed by atoms with Crippen LogP contribution in [0.4, 0.5) is 0 Å². The van der Waals surface area contributed by atoms with Crippen molar-refractivity contribution in [3.63, 3.8) is 0 Å². The molecule has 0 spiro atoms. The van der Waals surface area contributed by atoms with Crippen LogP contribution >= 0.6 is 35.6 Å². The van der Waals surface area contributed by atoms with Gasteiger partial charge in [0.1, 0.15) is 6.61 Å². The third-order valence-corrected chi connectivity index (χ3v) is 4.22. The Kier molecular flexibility index (Phi) is 7.41. The van der Waals surface area contributed by atoms with E-state index in [1.807, 2.05) is 6.07 Å². The van der Waals surface area contributed by atoms with Gasteiger partial charge >= 0.3 is 0 Å². The summed E-state index contributed by atoms with van der Waals surface area (Å²) < 4.78 is 5.70. The molecule has 0 bridgehead atoms. The van der Waals surface area contributed by atoms with Crippen molar-refractivity contribution >= 4 is 35.6 Å². The number of ether oxygens (including phenoxy) is 1. The van der Waals surface area contributed by atoms with Crippen LogP contribution in [0.15, 0.2) is 18.2 Å². The molecule has 0 saturated carbocycles. The Morgan fingerprint density at radius 3 is 2.60 bits per heavy atom. The van der Waals surface area contributed by atoms with Crippen molar-refractivity contribution in [2.75, 3.05) is 26.2 Å². The summed E-state index contributed by atoms with van der Waals surface area (Å²) >= 11 is 12.1. The molecule has 0 aromatic heterocycles. The van der Waals surface area contributed by atoms with Crippen LogP contribution in [0.5, 0.6) is 5.75 Å². The first-order chi connectivity index (χ1) is 9.08. The molecule has 1 fully saturated rings. The molecule has 1 heterocycles. The Balaban J connectivity index is 0.00000200. The molecule has 6 heteroatoms. The van der Waals surface area contributed by atoms with Crippen LogP contribution in [0.3, 0.4) is 0 Å². The normalized spacial score (nSPS) is 23.2. The molecule has 0 amide bonds. The second-order valence-electron chi connectivity index (χ2n) is 5.13. The third-order valence-electron chi connectivity index (χ3n) is 3.63. The molecule has 1 aliphatic rings. The van der Waals surface area contributed by atoms with Gasteiger partial charge in [-0.1, -0.05) is 36.2 Å². The van der Waals surface area contributed by atoms with Gasteiger partial charge in [0.25, 0.3) is 0 Å². The Labute approximate surface area is 136 Å². The quantitative estimate of drug-likeness (QED) is 0.913. The molecular formula is C14H21Cl3N2O. The minimum Gasteiger partial charge on any atom is -0.489 e. The Bertz CT molecular complexity index is 411. The zero-order valence-corrected chi connectivity index (χ0v) is 13.8. The van der Waals surface area contributed by atoms with Gasteiger partial charge in [0, 0.05) is 19.1 Å². The largest absolute Gasteiger partial charge is 0.489 e. The highest BCUT2D eigenvalue weighted by Crippen LogP contribution is 2.32. The topological polar surface area (TPSA) is 38.5 Å². The lowest BCUT2D eigenvalue weighted by Gasteiger charge is -2.34. The van der Waals surface area contributed by atoms with E-state index in [9.17, 15) is 0 Å². The summed E-state index contributed by atoms with van der Waals surface area (Å²) in [5, 5.41) is 1.11. The predicted octanol–water partition coefficient (Wildman–Crippen LogP) is 3.46. The van der Waals surface area contributed by atoms with Crippen molar-refractivity contribution < 1.29 is 4.74 Å². The minimum absolute atomic E-state index is 0. The summed E-state index contributed by atoms with van der Waals surface area (Å²) in [6.45, 7) is 5.72. The van der Waals surface area contributed by atoms with Gasteiger partial charge in [-0.2, -0.15) is 0 Å². The highest BCUT2D eigenvalue weighted by Gasteiger charge is 2.22. The van der Waals surface area contributed by atoms with Crippen molar-refractivity contribution in [2.24, 2.45) is 11.7 Å². The van der Waals surface area contributed by atoms with Gasteiger partial charge in [-0.15, -0.1) is 12.4 Å². The first-order valence-corrected chi connectivity index (χ1v) is 7.38. The molecule has 0 radical (unpaired) electrons. The average molecular weight is 340 g/mol. The highest BCUT2D eigenvalue weighted by molar-refractivity contribution is 6.37. The van der Waals surface area contributed by atoms with E-state index in [1.54, 1.807) is 12.1 Å². The first kappa shape index (κ1) is 17.9. The second-order valence-corrected chi connectivity index (χ2v) is 5.94. The summed E-state index contributed by atoms with van der Waals surface area (Å²) in [5.41, 5.74) is 6.01. The van der Waals surface area contributed by atoms with Crippen molar-refractivity contribution in [1.82, 2.24) is 4.90 Å². The first-order valence-electron chi connectivity index (χ1n) is 6.62. The zero-order valence-electron chi connectivity index (χ0n) is 11.5. The molecule has 0 aliphatic carbocycles. The predicted molar refractivity (Wildman–Crippen MR) is 87.4 cm³/mol. The van der Waals surface area contributed by atoms with Crippen LogP contribution in [-0.4, -0.2) is 37.2 Å². The second kappa shape index (κ2) is 8.30. The monoisotopic (exact) mass is 338 g/mol. The fourth-order valence-electron chi connectivity index (χ4n) is 2.35. The summed E-state index contributed by atoms with van der Waals surface area (Å²) in [6.07, 6.45) is 1.05. The molecule has 1 aromatic rings. The van der Waals surface area contributed by atoms with Crippen LogP contribution in [0, 0.1) is 5.92 Å². The van der Waals surface area contributed by atoms with Crippen molar-refractivity contribution in [1.29, 1.82) is 0 Å². The van der Waals surface area contributed by atoms with Crippen molar-refractivity contribution in [3.8, 4) is 5.75 Å². The van der Waals surface area contributed by atoms with Crippen LogP contribution in [-0.2, 0) is 0 Å². The van der Waals surface area contributed by atoms with E-state index in [0.717, 1.165) is 26.1 Å². The molecule has 2 atom stereocenters. The Morgan fingerprint density at radius 1 is 1.35 bits per heavy atom. The highest BCUT2D eigenvalue weighted by atomic mass is 35.5. The molecule has 20 heavy (non-hydrogen) atoms. The van der Waals surface area contributed by atoms with Crippen molar-refractivity contribution in [3.05, 3.63) is 28.2 Å². The smallest absolute Gasteiger partial charge is 0.156 e. The minimum atomic E-state index is 0. The number of rotatable bonds is 4. The van der Waals surface area contributed by atoms with Gasteiger partial charge in [0.15, 0.2) is 5.75 Å².